The fourth-order valence-corrected chi connectivity index (χ4v) is 3.95. The minimum atomic E-state index is -0.0698. The predicted octanol–water partition coefficient (Wildman–Crippen LogP) is 4.53. The Hall–Kier alpha value is -2.02. The van der Waals surface area contributed by atoms with Crippen LogP contribution in [-0.2, 0) is 13.1 Å². The minimum absolute atomic E-state index is 0.0698. The number of anilines is 1. The van der Waals surface area contributed by atoms with Crippen molar-refractivity contribution in [2.45, 2.75) is 18.2 Å². The van der Waals surface area contributed by atoms with Crippen LogP contribution in [0.15, 0.2) is 47.8 Å². The number of carbonyl (C=O) groups excluding carboxylic acids is 1. The molecule has 8 heteroatoms. The maximum atomic E-state index is 13.1. The van der Waals surface area contributed by atoms with Crippen molar-refractivity contribution in [1.82, 2.24) is 14.5 Å². The highest BCUT2D eigenvalue weighted by molar-refractivity contribution is 7.99. The Morgan fingerprint density at radius 1 is 1.19 bits per heavy atom. The van der Waals surface area contributed by atoms with Crippen LogP contribution in [0.1, 0.15) is 21.6 Å². The van der Waals surface area contributed by atoms with Gasteiger partial charge in [-0.3, -0.25) is 4.79 Å². The fourth-order valence-electron chi connectivity index (χ4n) is 2.77. The summed E-state index contributed by atoms with van der Waals surface area (Å²) in [7, 11) is 0. The molecule has 1 aliphatic rings. The first-order chi connectivity index (χ1) is 12.6. The number of fused-ring (bicyclic) bond motifs is 1. The van der Waals surface area contributed by atoms with Crippen molar-refractivity contribution in [2.75, 3.05) is 11.1 Å². The van der Waals surface area contributed by atoms with E-state index in [1.807, 2.05) is 10.6 Å². The van der Waals surface area contributed by atoms with E-state index in [-0.39, 0.29) is 5.78 Å². The number of aromatic nitrogens is 3. The number of rotatable bonds is 5. The smallest absolute Gasteiger partial charge is 0.213 e. The molecule has 3 aromatic rings. The van der Waals surface area contributed by atoms with Gasteiger partial charge in [0.25, 0.3) is 0 Å². The van der Waals surface area contributed by atoms with Gasteiger partial charge in [0.1, 0.15) is 10.8 Å². The normalized spacial score (nSPS) is 12.8. The summed E-state index contributed by atoms with van der Waals surface area (Å²) in [5.74, 6) is 1.44. The molecule has 0 radical (unpaired) electrons. The lowest BCUT2D eigenvalue weighted by molar-refractivity contribution is 0.103. The molecule has 0 saturated carbocycles. The van der Waals surface area contributed by atoms with Gasteiger partial charge in [-0.25, -0.2) is 9.97 Å². The molecule has 1 aliphatic heterocycles. The van der Waals surface area contributed by atoms with E-state index in [0.29, 0.717) is 33.8 Å². The maximum Gasteiger partial charge on any atom is 0.213 e. The standard InChI is InChI=1S/C18H14Cl2N4OS/c19-13-4-2-12(3-5-13)16(25)15-17(23-18-24(15)7-8-26-18)22-10-11-1-6-14(20)21-9-11/h1-6,9,22H,7-8,10H2. The van der Waals surface area contributed by atoms with Crippen LogP contribution in [-0.4, -0.2) is 26.1 Å². The third kappa shape index (κ3) is 3.45. The van der Waals surface area contributed by atoms with Gasteiger partial charge in [-0.15, -0.1) is 0 Å². The highest BCUT2D eigenvalue weighted by Gasteiger charge is 2.27. The number of halogens is 2. The summed E-state index contributed by atoms with van der Waals surface area (Å²) in [5, 5.41) is 5.18. The van der Waals surface area contributed by atoms with Crippen molar-refractivity contribution >= 4 is 46.6 Å². The van der Waals surface area contributed by atoms with Crippen LogP contribution in [0.2, 0.25) is 10.2 Å². The average molecular weight is 405 g/mol. The highest BCUT2D eigenvalue weighted by Crippen LogP contribution is 2.32. The van der Waals surface area contributed by atoms with Crippen LogP contribution < -0.4 is 5.32 Å². The lowest BCUT2D eigenvalue weighted by atomic mass is 10.1. The molecule has 2 aromatic heterocycles. The minimum Gasteiger partial charge on any atom is -0.364 e. The lowest BCUT2D eigenvalue weighted by Crippen LogP contribution is -2.13. The number of thioether (sulfide) groups is 1. The molecule has 26 heavy (non-hydrogen) atoms. The number of benzene rings is 1. The van der Waals surface area contributed by atoms with Gasteiger partial charge in [-0.2, -0.15) is 0 Å². The van der Waals surface area contributed by atoms with Gasteiger partial charge in [0.05, 0.1) is 0 Å². The zero-order chi connectivity index (χ0) is 18.1. The largest absolute Gasteiger partial charge is 0.364 e. The first-order valence-electron chi connectivity index (χ1n) is 8.00. The number of hydrogen-bond acceptors (Lipinski definition) is 5. The first kappa shape index (κ1) is 17.4. The number of imidazole rings is 1. The molecule has 0 bridgehead atoms. The summed E-state index contributed by atoms with van der Waals surface area (Å²) in [5.41, 5.74) is 2.12. The summed E-state index contributed by atoms with van der Waals surface area (Å²) in [6, 6.07) is 10.5. The molecule has 0 aliphatic carbocycles. The Bertz CT molecular complexity index is 955. The molecule has 1 N–H and O–H groups in total. The van der Waals surface area contributed by atoms with Crippen molar-refractivity contribution in [3.05, 3.63) is 69.6 Å². The summed E-state index contributed by atoms with van der Waals surface area (Å²) in [4.78, 5) is 21.8. The second-order valence-electron chi connectivity index (χ2n) is 5.77. The Morgan fingerprint density at radius 3 is 2.73 bits per heavy atom. The molecule has 0 saturated heterocycles. The van der Waals surface area contributed by atoms with E-state index in [9.17, 15) is 4.79 Å². The van der Waals surface area contributed by atoms with E-state index >= 15 is 0 Å². The van der Waals surface area contributed by atoms with Crippen molar-refractivity contribution in [3.63, 3.8) is 0 Å². The first-order valence-corrected chi connectivity index (χ1v) is 9.74. The van der Waals surface area contributed by atoms with E-state index in [4.69, 9.17) is 23.2 Å². The van der Waals surface area contributed by atoms with E-state index in [2.05, 4.69) is 15.3 Å². The zero-order valence-electron chi connectivity index (χ0n) is 13.6. The van der Waals surface area contributed by atoms with Crippen LogP contribution in [0.3, 0.4) is 0 Å². The maximum absolute atomic E-state index is 13.1. The number of pyridine rings is 1. The molecule has 0 spiro atoms. The van der Waals surface area contributed by atoms with Crippen LogP contribution >= 0.6 is 35.0 Å². The van der Waals surface area contributed by atoms with Crippen molar-refractivity contribution in [3.8, 4) is 0 Å². The average Bonchev–Trinajstić information content (AvgIpc) is 3.22. The Morgan fingerprint density at radius 2 is 2.00 bits per heavy atom. The van der Waals surface area contributed by atoms with Crippen molar-refractivity contribution < 1.29 is 4.79 Å². The molecule has 1 aromatic carbocycles. The van der Waals surface area contributed by atoms with Crippen molar-refractivity contribution in [2.24, 2.45) is 0 Å². The van der Waals surface area contributed by atoms with E-state index in [1.165, 1.54) is 0 Å². The molecule has 3 heterocycles. The number of carbonyl (C=O) groups is 1. The van der Waals surface area contributed by atoms with Crippen LogP contribution in [0.5, 0.6) is 0 Å². The van der Waals surface area contributed by atoms with Crippen LogP contribution in [0.25, 0.3) is 0 Å². The Kier molecular flexibility index (Phi) is 4.89. The number of hydrogen-bond donors (Lipinski definition) is 1. The Balaban J connectivity index is 1.64. The zero-order valence-corrected chi connectivity index (χ0v) is 15.9. The highest BCUT2D eigenvalue weighted by atomic mass is 35.5. The molecule has 132 valence electrons. The SMILES string of the molecule is O=C(c1ccc(Cl)cc1)c1c(NCc2ccc(Cl)nc2)nc2n1CCS2. The van der Waals surface area contributed by atoms with Crippen molar-refractivity contribution in [1.29, 1.82) is 0 Å². The summed E-state index contributed by atoms with van der Waals surface area (Å²) in [6.45, 7) is 1.28. The second-order valence-corrected chi connectivity index (χ2v) is 7.66. The predicted molar refractivity (Wildman–Crippen MR) is 104 cm³/mol. The van der Waals surface area contributed by atoms with Gasteiger partial charge in [-0.05, 0) is 35.9 Å². The number of nitrogens with one attached hydrogen (secondary N) is 1. The van der Waals surface area contributed by atoms with Gasteiger partial charge >= 0.3 is 0 Å². The molecular formula is C18H14Cl2N4OS. The summed E-state index contributed by atoms with van der Waals surface area (Å²) < 4.78 is 1.98. The molecular weight excluding hydrogens is 391 g/mol. The van der Waals surface area contributed by atoms with E-state index < -0.39 is 0 Å². The monoisotopic (exact) mass is 404 g/mol. The molecule has 0 atom stereocenters. The molecule has 0 amide bonds. The summed E-state index contributed by atoms with van der Waals surface area (Å²) >= 11 is 13.4. The molecule has 0 unspecified atom stereocenters. The van der Waals surface area contributed by atoms with E-state index in [1.54, 1.807) is 48.3 Å². The lowest BCUT2D eigenvalue weighted by Gasteiger charge is -2.09. The molecule has 0 fully saturated rings. The van der Waals surface area contributed by atoms with E-state index in [0.717, 1.165) is 23.0 Å². The van der Waals surface area contributed by atoms with Gasteiger partial charge in [0.15, 0.2) is 11.0 Å². The number of nitrogens with zero attached hydrogens (tertiary/aromatic N) is 3. The third-order valence-corrected chi connectivity index (χ3v) is 5.48. The van der Waals surface area contributed by atoms with Gasteiger partial charge in [0, 0.05) is 35.6 Å². The molecule has 5 nitrogen and oxygen atoms in total. The fraction of sp³-hybridized carbons (Fsp3) is 0.167. The summed E-state index contributed by atoms with van der Waals surface area (Å²) in [6.07, 6.45) is 1.70. The quantitative estimate of drug-likeness (QED) is 0.499. The second kappa shape index (κ2) is 7.31. The van der Waals surface area contributed by atoms with Crippen LogP contribution in [0, 0.1) is 0 Å². The van der Waals surface area contributed by atoms with Crippen LogP contribution in [0.4, 0.5) is 5.82 Å². The molecule has 4 rings (SSSR count). The van der Waals surface area contributed by atoms with Gasteiger partial charge in [0.2, 0.25) is 5.78 Å². The van der Waals surface area contributed by atoms with Gasteiger partial charge < -0.3 is 9.88 Å². The number of ketones is 1. The third-order valence-electron chi connectivity index (χ3n) is 4.05. The van der Waals surface area contributed by atoms with Gasteiger partial charge in [-0.1, -0.05) is 41.0 Å². The topological polar surface area (TPSA) is 59.8 Å². The Labute approximate surface area is 164 Å².